The van der Waals surface area contributed by atoms with E-state index in [2.05, 4.69) is 4.74 Å². The molecule has 0 radical (unpaired) electrons. The molecule has 2 N–H and O–H groups in total. The van der Waals surface area contributed by atoms with E-state index in [-0.39, 0.29) is 24.7 Å². The Hall–Kier alpha value is -1.73. The predicted octanol–water partition coefficient (Wildman–Crippen LogP) is 1.92. The van der Waals surface area contributed by atoms with Gasteiger partial charge in [0.05, 0.1) is 17.6 Å². The number of esters is 1. The Balaban J connectivity index is 0.00000324. The number of ether oxygens (including phenoxy) is 1. The summed E-state index contributed by atoms with van der Waals surface area (Å²) in [5.74, 6) is -1.04. The molecule has 0 aromatic heterocycles. The smallest absolute Gasteiger partial charge is 0.342 e. The van der Waals surface area contributed by atoms with Gasteiger partial charge >= 0.3 is 5.97 Å². The number of hydrogen-bond donors (Lipinski definition) is 1. The number of benzene rings is 1. The van der Waals surface area contributed by atoms with Gasteiger partial charge in [-0.1, -0.05) is 12.1 Å². The minimum absolute atomic E-state index is 0. The van der Waals surface area contributed by atoms with Gasteiger partial charge in [-0.25, -0.2) is 9.18 Å². The van der Waals surface area contributed by atoms with Crippen LogP contribution in [0, 0.1) is 10.1 Å². The first-order valence-corrected chi connectivity index (χ1v) is 5.28. The average molecular weight is 293 g/mol. The van der Waals surface area contributed by atoms with Crippen molar-refractivity contribution in [2.24, 2.45) is 5.73 Å². The number of nitrogens with two attached hydrogens (primary N) is 1. The topological polar surface area (TPSA) is 95.5 Å². The molecule has 1 aromatic carbocycles. The van der Waals surface area contributed by atoms with Gasteiger partial charge in [-0.3, -0.25) is 10.1 Å². The van der Waals surface area contributed by atoms with Crippen LogP contribution >= 0.6 is 12.4 Å². The Morgan fingerprint density at radius 1 is 1.47 bits per heavy atom. The van der Waals surface area contributed by atoms with Crippen LogP contribution in [0.1, 0.15) is 18.5 Å². The number of nitro groups is 1. The summed E-state index contributed by atoms with van der Waals surface area (Å²) in [7, 11) is 0. The molecule has 2 atom stereocenters. The van der Waals surface area contributed by atoms with Crippen molar-refractivity contribution in [3.63, 3.8) is 0 Å². The number of nitro benzene ring substituents is 1. The van der Waals surface area contributed by atoms with E-state index in [1.165, 1.54) is 24.3 Å². The number of nitrogens with zero attached hydrogens (tertiary/aromatic N) is 1. The van der Waals surface area contributed by atoms with E-state index in [9.17, 15) is 19.3 Å². The normalized spacial score (nSPS) is 13.0. The van der Waals surface area contributed by atoms with Gasteiger partial charge in [0.2, 0.25) is 6.17 Å². The fourth-order valence-corrected chi connectivity index (χ4v) is 1.36. The third-order valence-electron chi connectivity index (χ3n) is 2.32. The Bertz CT molecular complexity index is 441. The third kappa shape index (κ3) is 4.46. The SMILES string of the molecule is CCOC(=O)C(F)[C@@H](N)c1ccc([N+](=O)[O-])cc1.Cl. The number of carbonyl (C=O) groups is 1. The number of halogens is 2. The molecule has 19 heavy (non-hydrogen) atoms. The van der Waals surface area contributed by atoms with Crippen LogP contribution < -0.4 is 5.73 Å². The van der Waals surface area contributed by atoms with Crippen LogP contribution in [0.25, 0.3) is 0 Å². The van der Waals surface area contributed by atoms with Crippen molar-refractivity contribution in [3.8, 4) is 0 Å². The van der Waals surface area contributed by atoms with E-state index in [0.29, 0.717) is 5.56 Å². The van der Waals surface area contributed by atoms with Crippen molar-refractivity contribution < 1.29 is 18.8 Å². The Morgan fingerprint density at radius 3 is 2.42 bits per heavy atom. The van der Waals surface area contributed by atoms with Gasteiger partial charge < -0.3 is 10.5 Å². The van der Waals surface area contributed by atoms with Crippen LogP contribution in [0.3, 0.4) is 0 Å². The molecule has 0 fully saturated rings. The van der Waals surface area contributed by atoms with E-state index >= 15 is 0 Å². The minimum atomic E-state index is -1.99. The van der Waals surface area contributed by atoms with Gasteiger partial charge in [-0.2, -0.15) is 0 Å². The summed E-state index contributed by atoms with van der Waals surface area (Å²) < 4.78 is 18.1. The summed E-state index contributed by atoms with van der Waals surface area (Å²) in [6, 6.07) is 3.83. The van der Waals surface area contributed by atoms with Crippen LogP contribution in [0.15, 0.2) is 24.3 Å². The first-order chi connectivity index (χ1) is 8.47. The van der Waals surface area contributed by atoms with E-state index < -0.39 is 23.1 Å². The molecule has 0 spiro atoms. The lowest BCUT2D eigenvalue weighted by molar-refractivity contribution is -0.384. The number of carbonyl (C=O) groups excluding carboxylic acids is 1. The Kier molecular flexibility index (Phi) is 6.95. The summed E-state index contributed by atoms with van der Waals surface area (Å²) in [6.07, 6.45) is -1.99. The predicted molar refractivity (Wildman–Crippen MR) is 68.8 cm³/mol. The lowest BCUT2D eigenvalue weighted by Gasteiger charge is -2.15. The molecule has 0 saturated heterocycles. The summed E-state index contributed by atoms with van der Waals surface area (Å²) >= 11 is 0. The molecule has 106 valence electrons. The molecule has 8 heteroatoms. The van der Waals surface area contributed by atoms with E-state index in [4.69, 9.17) is 5.73 Å². The largest absolute Gasteiger partial charge is 0.464 e. The summed E-state index contributed by atoms with van der Waals surface area (Å²) in [4.78, 5) is 21.0. The average Bonchev–Trinajstić information content (AvgIpc) is 2.37. The molecule has 0 saturated carbocycles. The van der Waals surface area contributed by atoms with Crippen LogP contribution in [0.2, 0.25) is 0 Å². The quantitative estimate of drug-likeness (QED) is 0.508. The van der Waals surface area contributed by atoms with Gasteiger partial charge in [0.1, 0.15) is 0 Å². The van der Waals surface area contributed by atoms with Crippen LogP contribution in [0.5, 0.6) is 0 Å². The van der Waals surface area contributed by atoms with Crippen molar-refractivity contribution >= 4 is 24.1 Å². The maximum atomic E-state index is 13.6. The molecule has 1 rings (SSSR count). The maximum absolute atomic E-state index is 13.6. The minimum Gasteiger partial charge on any atom is -0.464 e. The number of rotatable bonds is 5. The fourth-order valence-electron chi connectivity index (χ4n) is 1.36. The first-order valence-electron chi connectivity index (χ1n) is 5.28. The molecule has 0 aliphatic heterocycles. The number of non-ortho nitro benzene ring substituents is 1. The molecular weight excluding hydrogens is 279 g/mol. The van der Waals surface area contributed by atoms with E-state index in [1.54, 1.807) is 6.92 Å². The van der Waals surface area contributed by atoms with Gasteiger partial charge in [-0.05, 0) is 12.5 Å². The highest BCUT2D eigenvalue weighted by molar-refractivity contribution is 5.85. The van der Waals surface area contributed by atoms with Crippen LogP contribution in [-0.4, -0.2) is 23.7 Å². The molecule has 0 aliphatic carbocycles. The third-order valence-corrected chi connectivity index (χ3v) is 2.32. The fraction of sp³-hybridized carbons (Fsp3) is 0.364. The highest BCUT2D eigenvalue weighted by atomic mass is 35.5. The molecular formula is C11H14ClFN2O4. The molecule has 6 nitrogen and oxygen atoms in total. The zero-order chi connectivity index (χ0) is 13.7. The molecule has 0 heterocycles. The first kappa shape index (κ1) is 17.3. The van der Waals surface area contributed by atoms with Crippen LogP contribution in [0.4, 0.5) is 10.1 Å². The second-order valence-corrected chi connectivity index (χ2v) is 3.53. The molecule has 0 amide bonds. The van der Waals surface area contributed by atoms with Crippen molar-refractivity contribution in [1.82, 2.24) is 0 Å². The summed E-state index contributed by atoms with van der Waals surface area (Å²) in [5.41, 5.74) is 5.72. The highest BCUT2D eigenvalue weighted by Gasteiger charge is 2.27. The van der Waals surface area contributed by atoms with Gasteiger partial charge in [-0.15, -0.1) is 12.4 Å². The highest BCUT2D eigenvalue weighted by Crippen LogP contribution is 2.21. The zero-order valence-corrected chi connectivity index (χ0v) is 10.9. The molecule has 1 unspecified atom stereocenters. The second kappa shape index (κ2) is 7.65. The summed E-state index contributed by atoms with van der Waals surface area (Å²) in [5, 5.41) is 10.4. The standard InChI is InChI=1S/C11H13FN2O4.ClH/c1-2-18-11(15)9(12)10(13)7-3-5-8(6-4-7)14(16)17;/h3-6,9-10H,2,13H2,1H3;1H/t9?,10-;/m0./s1. The zero-order valence-electron chi connectivity index (χ0n) is 10.1. The lowest BCUT2D eigenvalue weighted by atomic mass is 10.0. The van der Waals surface area contributed by atoms with Crippen molar-refractivity contribution in [1.29, 1.82) is 0 Å². The van der Waals surface area contributed by atoms with Gasteiger partial charge in [0.25, 0.3) is 5.69 Å². The summed E-state index contributed by atoms with van der Waals surface area (Å²) in [6.45, 7) is 1.62. The Labute approximate surface area is 115 Å². The monoisotopic (exact) mass is 292 g/mol. The van der Waals surface area contributed by atoms with Gasteiger partial charge in [0, 0.05) is 12.1 Å². The van der Waals surface area contributed by atoms with E-state index in [1.807, 2.05) is 0 Å². The molecule has 0 bridgehead atoms. The Morgan fingerprint density at radius 2 is 2.00 bits per heavy atom. The second-order valence-electron chi connectivity index (χ2n) is 3.53. The number of hydrogen-bond acceptors (Lipinski definition) is 5. The van der Waals surface area contributed by atoms with Crippen molar-refractivity contribution in [2.45, 2.75) is 19.1 Å². The molecule has 1 aromatic rings. The molecule has 0 aliphatic rings. The van der Waals surface area contributed by atoms with Crippen LogP contribution in [-0.2, 0) is 9.53 Å². The lowest BCUT2D eigenvalue weighted by Crippen LogP contribution is -2.31. The van der Waals surface area contributed by atoms with Crippen molar-refractivity contribution in [2.75, 3.05) is 6.61 Å². The van der Waals surface area contributed by atoms with Crippen molar-refractivity contribution in [3.05, 3.63) is 39.9 Å². The maximum Gasteiger partial charge on any atom is 0.342 e. The van der Waals surface area contributed by atoms with E-state index in [0.717, 1.165) is 0 Å². The number of alkyl halides is 1. The van der Waals surface area contributed by atoms with Gasteiger partial charge in [0.15, 0.2) is 0 Å².